The highest BCUT2D eigenvalue weighted by atomic mass is 32.2. The van der Waals surface area contributed by atoms with Crippen molar-refractivity contribution in [3.8, 4) is 0 Å². The number of benzene rings is 2. The zero-order chi connectivity index (χ0) is 20.9. The lowest BCUT2D eigenvalue weighted by molar-refractivity contribution is 0.0913. The minimum atomic E-state index is -3.58. The Kier molecular flexibility index (Phi) is 6.75. The summed E-state index contributed by atoms with van der Waals surface area (Å²) in [7, 11) is -3.58. The van der Waals surface area contributed by atoms with E-state index in [-0.39, 0.29) is 10.8 Å². The largest absolute Gasteiger partial charge is 0.347 e. The Bertz CT molecular complexity index is 932. The summed E-state index contributed by atoms with van der Waals surface area (Å²) < 4.78 is 27.6. The summed E-state index contributed by atoms with van der Waals surface area (Å²) in [5.41, 5.74) is 1.04. The highest BCUT2D eigenvalue weighted by molar-refractivity contribution is 7.89. The van der Waals surface area contributed by atoms with Gasteiger partial charge in [0.25, 0.3) is 5.91 Å². The molecule has 0 unspecified atom stereocenters. The quantitative estimate of drug-likeness (QED) is 0.777. The van der Waals surface area contributed by atoms with Crippen molar-refractivity contribution in [2.24, 2.45) is 0 Å². The van der Waals surface area contributed by atoms with Crippen LogP contribution in [-0.2, 0) is 16.4 Å². The second kappa shape index (κ2) is 9.09. The number of carbonyl (C=O) groups excluding carboxylic acids is 1. The molecule has 2 aromatic rings. The van der Waals surface area contributed by atoms with Gasteiger partial charge in [0, 0.05) is 24.2 Å². The first-order valence-corrected chi connectivity index (χ1v) is 11.7. The van der Waals surface area contributed by atoms with Crippen molar-refractivity contribution in [2.75, 3.05) is 13.1 Å². The molecule has 0 spiro atoms. The smallest absolute Gasteiger partial charge is 0.251 e. The van der Waals surface area contributed by atoms with E-state index >= 15 is 0 Å². The summed E-state index contributed by atoms with van der Waals surface area (Å²) >= 11 is 0. The molecule has 156 valence electrons. The van der Waals surface area contributed by atoms with E-state index in [0.717, 1.165) is 31.2 Å². The number of sulfonamides is 1. The van der Waals surface area contributed by atoms with Gasteiger partial charge in [0.1, 0.15) is 0 Å². The number of amides is 1. The Morgan fingerprint density at radius 2 is 1.62 bits per heavy atom. The lowest BCUT2D eigenvalue weighted by Gasteiger charge is -2.27. The SMILES string of the molecule is CC(C)(Cc1ccccc1)NC(=O)c1cccc(S(=O)(=O)N2CCCCCC2)c1. The van der Waals surface area contributed by atoms with Gasteiger partial charge in [0.05, 0.1) is 4.90 Å². The molecule has 0 saturated carbocycles. The van der Waals surface area contributed by atoms with Gasteiger partial charge in [-0.15, -0.1) is 0 Å². The molecule has 2 aromatic carbocycles. The third-order valence-corrected chi connectivity index (χ3v) is 7.13. The Balaban J connectivity index is 1.75. The normalized spacial score (nSPS) is 16.2. The Hall–Kier alpha value is -2.18. The van der Waals surface area contributed by atoms with Gasteiger partial charge in [-0.25, -0.2) is 8.42 Å². The molecule has 1 saturated heterocycles. The second-order valence-corrected chi connectivity index (χ2v) is 10.3. The molecule has 1 amide bonds. The van der Waals surface area contributed by atoms with Crippen molar-refractivity contribution in [1.82, 2.24) is 9.62 Å². The molecule has 0 bridgehead atoms. The minimum absolute atomic E-state index is 0.188. The molecule has 0 atom stereocenters. The topological polar surface area (TPSA) is 66.5 Å². The molecule has 1 aliphatic heterocycles. The minimum Gasteiger partial charge on any atom is -0.347 e. The van der Waals surface area contributed by atoms with Crippen LogP contribution in [0.5, 0.6) is 0 Å². The van der Waals surface area contributed by atoms with Crippen molar-refractivity contribution in [2.45, 2.75) is 56.4 Å². The molecule has 6 heteroatoms. The standard InChI is InChI=1S/C23H30N2O3S/c1-23(2,18-19-11-6-5-7-12-19)24-22(26)20-13-10-14-21(17-20)29(27,28)25-15-8-3-4-9-16-25/h5-7,10-14,17H,3-4,8-9,15-16,18H2,1-2H3,(H,24,26). The summed E-state index contributed by atoms with van der Waals surface area (Å²) in [6.45, 7) is 5.02. The molecule has 1 heterocycles. The maximum atomic E-state index is 13.0. The lowest BCUT2D eigenvalue weighted by Crippen LogP contribution is -2.45. The van der Waals surface area contributed by atoms with Crippen molar-refractivity contribution < 1.29 is 13.2 Å². The summed E-state index contributed by atoms with van der Waals surface area (Å²) in [4.78, 5) is 13.0. The molecule has 0 aliphatic carbocycles. The van der Waals surface area contributed by atoms with E-state index in [2.05, 4.69) is 5.32 Å². The number of rotatable bonds is 6. The second-order valence-electron chi connectivity index (χ2n) is 8.35. The van der Waals surface area contributed by atoms with Crippen LogP contribution in [0, 0.1) is 0 Å². The third-order valence-electron chi connectivity index (χ3n) is 5.24. The molecule has 5 nitrogen and oxygen atoms in total. The highest BCUT2D eigenvalue weighted by Crippen LogP contribution is 2.22. The van der Waals surface area contributed by atoms with Gasteiger partial charge in [-0.2, -0.15) is 4.31 Å². The molecule has 1 aliphatic rings. The monoisotopic (exact) mass is 414 g/mol. The van der Waals surface area contributed by atoms with Crippen molar-refractivity contribution in [1.29, 1.82) is 0 Å². The molecule has 0 radical (unpaired) electrons. The van der Waals surface area contributed by atoms with E-state index in [0.29, 0.717) is 25.1 Å². The van der Waals surface area contributed by atoms with Crippen LogP contribution in [0.3, 0.4) is 0 Å². The van der Waals surface area contributed by atoms with Crippen LogP contribution in [-0.4, -0.2) is 37.3 Å². The van der Waals surface area contributed by atoms with Crippen LogP contribution >= 0.6 is 0 Å². The van der Waals surface area contributed by atoms with E-state index in [1.807, 2.05) is 44.2 Å². The third kappa shape index (κ3) is 5.67. The molecule has 1 fully saturated rings. The van der Waals surface area contributed by atoms with Gasteiger partial charge in [-0.05, 0) is 56.9 Å². The van der Waals surface area contributed by atoms with E-state index in [1.165, 1.54) is 6.07 Å². The van der Waals surface area contributed by atoms with E-state index in [1.54, 1.807) is 22.5 Å². The number of carbonyl (C=O) groups is 1. The summed E-state index contributed by atoms with van der Waals surface area (Å²) in [6.07, 6.45) is 4.57. The first kappa shape index (κ1) is 21.5. The first-order chi connectivity index (χ1) is 13.8. The lowest BCUT2D eigenvalue weighted by atomic mass is 9.94. The van der Waals surface area contributed by atoms with Gasteiger partial charge < -0.3 is 5.32 Å². The fourth-order valence-electron chi connectivity index (χ4n) is 3.76. The molecule has 1 N–H and O–H groups in total. The van der Waals surface area contributed by atoms with Crippen LogP contribution < -0.4 is 5.32 Å². The van der Waals surface area contributed by atoms with Crippen molar-refractivity contribution >= 4 is 15.9 Å². The van der Waals surface area contributed by atoms with Crippen LogP contribution in [0.2, 0.25) is 0 Å². The van der Waals surface area contributed by atoms with Gasteiger partial charge in [0.15, 0.2) is 0 Å². The van der Waals surface area contributed by atoms with Crippen molar-refractivity contribution in [3.63, 3.8) is 0 Å². The van der Waals surface area contributed by atoms with E-state index in [9.17, 15) is 13.2 Å². The fourth-order valence-corrected chi connectivity index (χ4v) is 5.32. The fraction of sp³-hybridized carbons (Fsp3) is 0.435. The van der Waals surface area contributed by atoms with Crippen LogP contribution in [0.4, 0.5) is 0 Å². The predicted molar refractivity (Wildman–Crippen MR) is 115 cm³/mol. The Morgan fingerprint density at radius 1 is 0.966 bits per heavy atom. The molecular formula is C23H30N2O3S. The molecule has 29 heavy (non-hydrogen) atoms. The Labute approximate surface area is 174 Å². The number of nitrogens with zero attached hydrogens (tertiary/aromatic N) is 1. The average molecular weight is 415 g/mol. The number of hydrogen-bond donors (Lipinski definition) is 1. The van der Waals surface area contributed by atoms with Gasteiger partial charge in [-0.1, -0.05) is 49.2 Å². The Morgan fingerprint density at radius 3 is 2.28 bits per heavy atom. The van der Waals surface area contributed by atoms with E-state index < -0.39 is 15.6 Å². The predicted octanol–water partition coefficient (Wildman–Crippen LogP) is 4.00. The van der Waals surface area contributed by atoms with Gasteiger partial charge in [0.2, 0.25) is 10.0 Å². The van der Waals surface area contributed by atoms with Gasteiger partial charge >= 0.3 is 0 Å². The number of nitrogens with one attached hydrogen (secondary N) is 1. The molecular weight excluding hydrogens is 384 g/mol. The van der Waals surface area contributed by atoms with Crippen molar-refractivity contribution in [3.05, 3.63) is 65.7 Å². The maximum Gasteiger partial charge on any atom is 0.251 e. The molecule has 3 rings (SSSR count). The summed E-state index contributed by atoms with van der Waals surface area (Å²) in [5, 5.41) is 3.04. The van der Waals surface area contributed by atoms with Crippen LogP contribution in [0.1, 0.15) is 55.5 Å². The molecule has 0 aromatic heterocycles. The summed E-state index contributed by atoms with van der Waals surface area (Å²) in [5.74, 6) is -0.265. The average Bonchev–Trinajstić information content (AvgIpc) is 2.98. The maximum absolute atomic E-state index is 13.0. The number of hydrogen-bond acceptors (Lipinski definition) is 3. The zero-order valence-electron chi connectivity index (χ0n) is 17.2. The van der Waals surface area contributed by atoms with Gasteiger partial charge in [-0.3, -0.25) is 4.79 Å². The van der Waals surface area contributed by atoms with E-state index in [4.69, 9.17) is 0 Å². The zero-order valence-corrected chi connectivity index (χ0v) is 18.0. The summed E-state index contributed by atoms with van der Waals surface area (Å²) in [6, 6.07) is 16.4. The highest BCUT2D eigenvalue weighted by Gasteiger charge is 2.27. The van der Waals surface area contributed by atoms with Crippen LogP contribution in [0.25, 0.3) is 0 Å². The van der Waals surface area contributed by atoms with Crippen LogP contribution in [0.15, 0.2) is 59.5 Å². The first-order valence-electron chi connectivity index (χ1n) is 10.2.